The van der Waals surface area contributed by atoms with Crippen molar-refractivity contribution in [2.24, 2.45) is 5.73 Å². The van der Waals surface area contributed by atoms with Crippen LogP contribution in [0.25, 0.3) is 0 Å². The Morgan fingerprint density at radius 1 is 1.29 bits per heavy atom. The van der Waals surface area contributed by atoms with Crippen molar-refractivity contribution in [1.29, 1.82) is 0 Å². The number of amides is 2. The molecule has 1 saturated carbocycles. The minimum absolute atomic E-state index is 0.0302. The van der Waals surface area contributed by atoms with E-state index >= 15 is 0 Å². The van der Waals surface area contributed by atoms with Crippen molar-refractivity contribution in [2.75, 3.05) is 19.6 Å². The molecular formula is C15H27N3O3. The summed E-state index contributed by atoms with van der Waals surface area (Å²) in [5, 5.41) is 0. The summed E-state index contributed by atoms with van der Waals surface area (Å²) in [6.45, 7) is 6.95. The van der Waals surface area contributed by atoms with E-state index in [0.717, 1.165) is 32.2 Å². The minimum Gasteiger partial charge on any atom is -0.444 e. The van der Waals surface area contributed by atoms with Gasteiger partial charge in [0.25, 0.3) is 0 Å². The van der Waals surface area contributed by atoms with E-state index in [9.17, 15) is 9.59 Å². The molecule has 0 aromatic carbocycles. The molecule has 6 heteroatoms. The molecule has 0 spiro atoms. The van der Waals surface area contributed by atoms with Gasteiger partial charge >= 0.3 is 6.09 Å². The van der Waals surface area contributed by atoms with Gasteiger partial charge in [-0.2, -0.15) is 0 Å². The number of hydrogen-bond donors (Lipinski definition) is 1. The van der Waals surface area contributed by atoms with Crippen LogP contribution in [0.1, 0.15) is 46.5 Å². The number of nitrogens with zero attached hydrogens (tertiary/aromatic N) is 2. The lowest BCUT2D eigenvalue weighted by Crippen LogP contribution is -2.48. The highest BCUT2D eigenvalue weighted by molar-refractivity contribution is 5.78. The highest BCUT2D eigenvalue weighted by Crippen LogP contribution is 2.30. The third-order valence-corrected chi connectivity index (χ3v) is 3.90. The molecule has 0 aromatic heterocycles. The zero-order valence-corrected chi connectivity index (χ0v) is 13.3. The number of hydrogen-bond acceptors (Lipinski definition) is 4. The van der Waals surface area contributed by atoms with Crippen LogP contribution < -0.4 is 5.73 Å². The van der Waals surface area contributed by atoms with Gasteiger partial charge in [-0.05, 0) is 46.5 Å². The van der Waals surface area contributed by atoms with E-state index in [1.54, 1.807) is 4.90 Å². The quantitative estimate of drug-likeness (QED) is 0.849. The second kappa shape index (κ2) is 6.22. The average molecular weight is 297 g/mol. The van der Waals surface area contributed by atoms with Crippen molar-refractivity contribution in [2.45, 2.75) is 64.1 Å². The first-order valence-electron chi connectivity index (χ1n) is 7.81. The molecule has 1 aliphatic heterocycles. The summed E-state index contributed by atoms with van der Waals surface area (Å²) < 4.78 is 5.49. The molecule has 0 bridgehead atoms. The van der Waals surface area contributed by atoms with E-state index in [-0.39, 0.29) is 30.6 Å². The molecule has 2 N–H and O–H groups in total. The highest BCUT2D eigenvalue weighted by atomic mass is 16.6. The first-order chi connectivity index (χ1) is 9.81. The van der Waals surface area contributed by atoms with Crippen LogP contribution in [0.5, 0.6) is 0 Å². The Bertz CT molecular complexity index is 401. The third kappa shape index (κ3) is 4.33. The molecule has 1 atom stereocenters. The van der Waals surface area contributed by atoms with E-state index in [4.69, 9.17) is 10.5 Å². The summed E-state index contributed by atoms with van der Waals surface area (Å²) in [4.78, 5) is 27.8. The summed E-state index contributed by atoms with van der Waals surface area (Å²) in [5.41, 5.74) is 4.97. The fourth-order valence-corrected chi connectivity index (χ4v) is 2.78. The van der Waals surface area contributed by atoms with E-state index in [0.29, 0.717) is 6.54 Å². The number of carbonyl (C=O) groups is 2. The SMILES string of the molecule is CC(C)(C)OC(=O)N(C[C@@H]1CCCN1C(=O)CN)C1CC1. The molecule has 1 aliphatic carbocycles. The zero-order chi connectivity index (χ0) is 15.6. The van der Waals surface area contributed by atoms with Gasteiger partial charge in [0.2, 0.25) is 5.91 Å². The molecule has 0 radical (unpaired) electrons. The molecule has 21 heavy (non-hydrogen) atoms. The van der Waals surface area contributed by atoms with Crippen molar-refractivity contribution in [1.82, 2.24) is 9.80 Å². The van der Waals surface area contributed by atoms with Crippen LogP contribution >= 0.6 is 0 Å². The van der Waals surface area contributed by atoms with Crippen molar-refractivity contribution in [3.8, 4) is 0 Å². The van der Waals surface area contributed by atoms with Crippen LogP contribution in [-0.2, 0) is 9.53 Å². The number of likely N-dealkylation sites (tertiary alicyclic amines) is 1. The summed E-state index contributed by atoms with van der Waals surface area (Å²) in [7, 11) is 0. The third-order valence-electron chi connectivity index (χ3n) is 3.90. The second-order valence-corrected chi connectivity index (χ2v) is 6.95. The molecule has 2 amide bonds. The highest BCUT2D eigenvalue weighted by Gasteiger charge is 2.39. The molecule has 6 nitrogen and oxygen atoms in total. The van der Waals surface area contributed by atoms with E-state index in [1.165, 1.54) is 0 Å². The number of carbonyl (C=O) groups excluding carboxylic acids is 2. The molecule has 2 rings (SSSR count). The van der Waals surface area contributed by atoms with Crippen LogP contribution in [0.2, 0.25) is 0 Å². The first-order valence-corrected chi connectivity index (χ1v) is 7.81. The molecule has 0 aromatic rings. The van der Waals surface area contributed by atoms with Gasteiger partial charge < -0.3 is 20.3 Å². The fraction of sp³-hybridized carbons (Fsp3) is 0.867. The first kappa shape index (κ1) is 16.1. The monoisotopic (exact) mass is 297 g/mol. The predicted octanol–water partition coefficient (Wildman–Crippen LogP) is 1.34. The van der Waals surface area contributed by atoms with Gasteiger partial charge in [-0.25, -0.2) is 4.79 Å². The van der Waals surface area contributed by atoms with Gasteiger partial charge in [0.05, 0.1) is 6.54 Å². The van der Waals surface area contributed by atoms with Gasteiger partial charge in [-0.3, -0.25) is 4.79 Å². The van der Waals surface area contributed by atoms with E-state index in [2.05, 4.69) is 0 Å². The smallest absolute Gasteiger partial charge is 0.410 e. The van der Waals surface area contributed by atoms with Crippen molar-refractivity contribution < 1.29 is 14.3 Å². The largest absolute Gasteiger partial charge is 0.444 e. The number of nitrogens with two attached hydrogens (primary N) is 1. The van der Waals surface area contributed by atoms with Crippen molar-refractivity contribution >= 4 is 12.0 Å². The molecule has 120 valence electrons. The lowest BCUT2D eigenvalue weighted by Gasteiger charge is -2.32. The maximum atomic E-state index is 12.3. The van der Waals surface area contributed by atoms with Crippen LogP contribution in [0.3, 0.4) is 0 Å². The van der Waals surface area contributed by atoms with Crippen molar-refractivity contribution in [3.05, 3.63) is 0 Å². The van der Waals surface area contributed by atoms with Gasteiger partial charge in [-0.1, -0.05) is 0 Å². The van der Waals surface area contributed by atoms with Crippen LogP contribution in [0, 0.1) is 0 Å². The summed E-state index contributed by atoms with van der Waals surface area (Å²) in [6.07, 6.45) is 3.69. The molecule has 1 heterocycles. The van der Waals surface area contributed by atoms with Crippen LogP contribution in [0.4, 0.5) is 4.79 Å². The molecule has 1 saturated heterocycles. The van der Waals surface area contributed by atoms with Gasteiger partial charge in [-0.15, -0.1) is 0 Å². The Hall–Kier alpha value is -1.30. The van der Waals surface area contributed by atoms with Crippen LogP contribution in [0.15, 0.2) is 0 Å². The van der Waals surface area contributed by atoms with Crippen molar-refractivity contribution in [3.63, 3.8) is 0 Å². The summed E-state index contributed by atoms with van der Waals surface area (Å²) in [5.74, 6) is -0.0302. The second-order valence-electron chi connectivity index (χ2n) is 6.95. The van der Waals surface area contributed by atoms with Gasteiger partial charge in [0.1, 0.15) is 5.60 Å². The van der Waals surface area contributed by atoms with E-state index < -0.39 is 5.60 Å². The van der Waals surface area contributed by atoms with E-state index in [1.807, 2.05) is 25.7 Å². The lowest BCUT2D eigenvalue weighted by atomic mass is 10.2. The topological polar surface area (TPSA) is 75.9 Å². The van der Waals surface area contributed by atoms with Crippen LogP contribution in [-0.4, -0.2) is 59.1 Å². The predicted molar refractivity (Wildman–Crippen MR) is 79.8 cm³/mol. The Kier molecular flexibility index (Phi) is 4.76. The fourth-order valence-electron chi connectivity index (χ4n) is 2.78. The Morgan fingerprint density at radius 2 is 1.95 bits per heavy atom. The van der Waals surface area contributed by atoms with Gasteiger partial charge in [0, 0.05) is 25.2 Å². The summed E-state index contributed by atoms with van der Waals surface area (Å²) >= 11 is 0. The number of rotatable bonds is 4. The summed E-state index contributed by atoms with van der Waals surface area (Å²) in [6, 6.07) is 0.351. The maximum Gasteiger partial charge on any atom is 0.410 e. The molecular weight excluding hydrogens is 270 g/mol. The standard InChI is InChI=1S/C15H27N3O3/c1-15(2,3)21-14(20)18(11-6-7-11)10-12-5-4-8-17(12)13(19)9-16/h11-12H,4-10,16H2,1-3H3/t12-/m0/s1. The Labute approximate surface area is 126 Å². The number of ether oxygens (including phenoxy) is 1. The average Bonchev–Trinajstić information content (AvgIpc) is 3.11. The lowest BCUT2D eigenvalue weighted by molar-refractivity contribution is -0.130. The maximum absolute atomic E-state index is 12.3. The normalized spacial score (nSPS) is 22.3. The minimum atomic E-state index is -0.493. The zero-order valence-electron chi connectivity index (χ0n) is 13.3. The molecule has 2 fully saturated rings. The molecule has 2 aliphatic rings. The Balaban J connectivity index is 1.99. The Morgan fingerprint density at radius 3 is 2.48 bits per heavy atom. The molecule has 0 unspecified atom stereocenters. The van der Waals surface area contributed by atoms with Gasteiger partial charge in [0.15, 0.2) is 0 Å².